The Hall–Kier alpha value is -1.16. The van der Waals surface area contributed by atoms with Crippen LogP contribution in [0.25, 0.3) is 0 Å². The van der Waals surface area contributed by atoms with Crippen molar-refractivity contribution in [3.63, 3.8) is 0 Å². The standard InChI is InChI=1S/C13H14BrNO2/c1-3-8(2)7-15-11-9(12(16)13(15)17)5-4-6-10(11)14/h4-6,8H,3,7H2,1-2H3. The molecule has 1 heterocycles. The minimum Gasteiger partial charge on any atom is -0.303 e. The van der Waals surface area contributed by atoms with Gasteiger partial charge in [0.05, 0.1) is 11.3 Å². The molecule has 1 amide bonds. The van der Waals surface area contributed by atoms with E-state index in [0.29, 0.717) is 18.0 Å². The van der Waals surface area contributed by atoms with Gasteiger partial charge in [-0.15, -0.1) is 0 Å². The smallest absolute Gasteiger partial charge is 0.299 e. The largest absolute Gasteiger partial charge is 0.303 e. The monoisotopic (exact) mass is 295 g/mol. The summed E-state index contributed by atoms with van der Waals surface area (Å²) >= 11 is 3.41. The Labute approximate surface area is 109 Å². The summed E-state index contributed by atoms with van der Waals surface area (Å²) in [5.41, 5.74) is 1.23. The van der Waals surface area contributed by atoms with Crippen LogP contribution in [-0.2, 0) is 4.79 Å². The van der Waals surface area contributed by atoms with Crippen LogP contribution in [0.4, 0.5) is 5.69 Å². The normalized spacial score (nSPS) is 16.3. The highest BCUT2D eigenvalue weighted by atomic mass is 79.9. The fraction of sp³-hybridized carbons (Fsp3) is 0.385. The quantitative estimate of drug-likeness (QED) is 0.804. The topological polar surface area (TPSA) is 37.4 Å². The van der Waals surface area contributed by atoms with E-state index in [1.807, 2.05) is 6.07 Å². The van der Waals surface area contributed by atoms with Crippen LogP contribution < -0.4 is 4.90 Å². The van der Waals surface area contributed by atoms with Gasteiger partial charge in [-0.05, 0) is 34.0 Å². The molecule has 0 bridgehead atoms. The minimum absolute atomic E-state index is 0.379. The van der Waals surface area contributed by atoms with Gasteiger partial charge in [0.15, 0.2) is 0 Å². The number of amides is 1. The first-order valence-electron chi connectivity index (χ1n) is 5.71. The molecule has 1 aromatic rings. The molecule has 0 spiro atoms. The molecule has 17 heavy (non-hydrogen) atoms. The van der Waals surface area contributed by atoms with Gasteiger partial charge in [-0.3, -0.25) is 9.59 Å². The molecule has 2 rings (SSSR count). The lowest BCUT2D eigenvalue weighted by molar-refractivity contribution is -0.114. The van der Waals surface area contributed by atoms with Crippen molar-refractivity contribution in [2.45, 2.75) is 20.3 Å². The van der Waals surface area contributed by atoms with E-state index in [1.165, 1.54) is 0 Å². The van der Waals surface area contributed by atoms with Crippen molar-refractivity contribution in [1.29, 1.82) is 0 Å². The molecule has 1 unspecified atom stereocenters. The SMILES string of the molecule is CCC(C)CN1C(=O)C(=O)c2cccc(Br)c21. The van der Waals surface area contributed by atoms with Gasteiger partial charge in [-0.2, -0.15) is 0 Å². The van der Waals surface area contributed by atoms with Crippen molar-refractivity contribution in [3.8, 4) is 0 Å². The number of fused-ring (bicyclic) bond motifs is 1. The lowest BCUT2D eigenvalue weighted by atomic mass is 10.1. The molecular formula is C13H14BrNO2. The van der Waals surface area contributed by atoms with Crippen molar-refractivity contribution in [2.24, 2.45) is 5.92 Å². The van der Waals surface area contributed by atoms with Crippen LogP contribution in [0.15, 0.2) is 22.7 Å². The Kier molecular flexibility index (Phi) is 3.33. The lowest BCUT2D eigenvalue weighted by Crippen LogP contribution is -2.33. The summed E-state index contributed by atoms with van der Waals surface area (Å²) in [5, 5.41) is 0. The van der Waals surface area contributed by atoms with Crippen LogP contribution in [0.2, 0.25) is 0 Å². The number of benzene rings is 1. The van der Waals surface area contributed by atoms with Gasteiger partial charge in [-0.1, -0.05) is 26.3 Å². The summed E-state index contributed by atoms with van der Waals surface area (Å²) in [4.78, 5) is 25.3. The van der Waals surface area contributed by atoms with Crippen LogP contribution in [0.1, 0.15) is 30.6 Å². The third-order valence-corrected chi connectivity index (χ3v) is 3.77. The third kappa shape index (κ3) is 2.02. The average Bonchev–Trinajstić information content (AvgIpc) is 2.56. The predicted molar refractivity (Wildman–Crippen MR) is 70.3 cm³/mol. The average molecular weight is 296 g/mol. The number of anilines is 1. The number of hydrogen-bond acceptors (Lipinski definition) is 2. The van der Waals surface area contributed by atoms with Crippen LogP contribution >= 0.6 is 15.9 Å². The summed E-state index contributed by atoms with van der Waals surface area (Å²) < 4.78 is 0.803. The van der Waals surface area contributed by atoms with Crippen molar-refractivity contribution in [1.82, 2.24) is 0 Å². The van der Waals surface area contributed by atoms with Crippen LogP contribution in [0, 0.1) is 5.92 Å². The maximum atomic E-state index is 11.9. The van der Waals surface area contributed by atoms with E-state index < -0.39 is 11.7 Å². The van der Waals surface area contributed by atoms with Crippen molar-refractivity contribution in [3.05, 3.63) is 28.2 Å². The molecular weight excluding hydrogens is 282 g/mol. The van der Waals surface area contributed by atoms with Gasteiger partial charge >= 0.3 is 0 Å². The second kappa shape index (κ2) is 4.61. The zero-order chi connectivity index (χ0) is 12.6. The molecule has 0 radical (unpaired) electrons. The number of carbonyl (C=O) groups is 2. The first kappa shape index (κ1) is 12.3. The second-order valence-electron chi connectivity index (χ2n) is 4.39. The van der Waals surface area contributed by atoms with E-state index >= 15 is 0 Å². The van der Waals surface area contributed by atoms with E-state index in [9.17, 15) is 9.59 Å². The molecule has 0 saturated carbocycles. The van der Waals surface area contributed by atoms with Crippen molar-refractivity contribution >= 4 is 33.3 Å². The Morgan fingerprint density at radius 1 is 1.35 bits per heavy atom. The molecule has 0 saturated heterocycles. The maximum Gasteiger partial charge on any atom is 0.299 e. The van der Waals surface area contributed by atoms with Gasteiger partial charge in [0.2, 0.25) is 0 Å². The van der Waals surface area contributed by atoms with Crippen molar-refractivity contribution in [2.75, 3.05) is 11.4 Å². The fourth-order valence-corrected chi connectivity index (χ4v) is 2.51. The first-order valence-corrected chi connectivity index (χ1v) is 6.50. The molecule has 0 N–H and O–H groups in total. The summed E-state index contributed by atoms with van der Waals surface area (Å²) in [7, 11) is 0. The van der Waals surface area contributed by atoms with Gasteiger partial charge in [0, 0.05) is 11.0 Å². The van der Waals surface area contributed by atoms with E-state index in [4.69, 9.17) is 0 Å². The number of halogens is 1. The molecule has 1 aliphatic heterocycles. The van der Waals surface area contributed by atoms with Crippen LogP contribution in [-0.4, -0.2) is 18.2 Å². The Balaban J connectivity index is 2.43. The number of carbonyl (C=O) groups excluding carboxylic acids is 2. The van der Waals surface area contributed by atoms with Gasteiger partial charge in [0.25, 0.3) is 11.7 Å². The Bertz CT molecular complexity index is 484. The predicted octanol–water partition coefficient (Wildman–Crippen LogP) is 3.02. The van der Waals surface area contributed by atoms with E-state index in [0.717, 1.165) is 16.6 Å². The summed E-state index contributed by atoms with van der Waals surface area (Å²) in [6, 6.07) is 5.34. The number of para-hydroxylation sites is 1. The third-order valence-electron chi connectivity index (χ3n) is 3.13. The molecule has 90 valence electrons. The highest BCUT2D eigenvalue weighted by molar-refractivity contribution is 9.10. The number of ketones is 1. The van der Waals surface area contributed by atoms with Crippen LogP contribution in [0.5, 0.6) is 0 Å². The summed E-state index contributed by atoms with van der Waals surface area (Å²) in [6.45, 7) is 4.75. The van der Waals surface area contributed by atoms with Crippen molar-refractivity contribution < 1.29 is 9.59 Å². The number of rotatable bonds is 3. The van der Waals surface area contributed by atoms with E-state index in [1.54, 1.807) is 17.0 Å². The molecule has 4 heteroatoms. The van der Waals surface area contributed by atoms with E-state index in [-0.39, 0.29) is 0 Å². The second-order valence-corrected chi connectivity index (χ2v) is 5.25. The molecule has 1 atom stereocenters. The molecule has 0 fully saturated rings. The van der Waals surface area contributed by atoms with Gasteiger partial charge in [0.1, 0.15) is 0 Å². The lowest BCUT2D eigenvalue weighted by Gasteiger charge is -2.21. The molecule has 3 nitrogen and oxygen atoms in total. The fourth-order valence-electron chi connectivity index (χ4n) is 1.93. The highest BCUT2D eigenvalue weighted by Gasteiger charge is 2.37. The Morgan fingerprint density at radius 3 is 2.71 bits per heavy atom. The first-order chi connectivity index (χ1) is 8.06. The van der Waals surface area contributed by atoms with Crippen LogP contribution in [0.3, 0.4) is 0 Å². The molecule has 1 aromatic carbocycles. The minimum atomic E-state index is -0.410. The van der Waals surface area contributed by atoms with E-state index in [2.05, 4.69) is 29.8 Å². The molecule has 0 aliphatic carbocycles. The zero-order valence-electron chi connectivity index (χ0n) is 9.87. The Morgan fingerprint density at radius 2 is 2.06 bits per heavy atom. The highest BCUT2D eigenvalue weighted by Crippen LogP contribution is 2.36. The van der Waals surface area contributed by atoms with Gasteiger partial charge in [-0.25, -0.2) is 0 Å². The molecule has 0 aromatic heterocycles. The summed E-state index contributed by atoms with van der Waals surface area (Å²) in [5.74, 6) is -0.429. The molecule has 1 aliphatic rings. The summed E-state index contributed by atoms with van der Waals surface area (Å²) in [6.07, 6.45) is 0.984. The maximum absolute atomic E-state index is 11.9. The number of hydrogen-bond donors (Lipinski definition) is 0. The number of nitrogens with zero attached hydrogens (tertiary/aromatic N) is 1. The van der Waals surface area contributed by atoms with Gasteiger partial charge < -0.3 is 4.90 Å². The zero-order valence-corrected chi connectivity index (χ0v) is 11.5. The number of Topliss-reactive ketones (excluding diaryl/α,β-unsaturated/α-hetero) is 1.